The fraction of sp³-hybridized carbons (Fsp3) is 0.364. The summed E-state index contributed by atoms with van der Waals surface area (Å²) >= 11 is 0. The lowest BCUT2D eigenvalue weighted by Gasteiger charge is -2.03. The molecular weight excluding hydrogens is 162 g/mol. The maximum absolute atomic E-state index is 5.00. The highest BCUT2D eigenvalue weighted by molar-refractivity contribution is 5.77. The summed E-state index contributed by atoms with van der Waals surface area (Å²) in [6.45, 7) is 5.95. The lowest BCUT2D eigenvalue weighted by atomic mass is 10.1. The van der Waals surface area contributed by atoms with Crippen LogP contribution in [0.1, 0.15) is 18.1 Å². The third-order valence-corrected chi connectivity index (χ3v) is 1.94. The fourth-order valence-corrected chi connectivity index (χ4v) is 1.06. The van der Waals surface area contributed by atoms with Crippen molar-refractivity contribution < 1.29 is 4.74 Å². The summed E-state index contributed by atoms with van der Waals surface area (Å²) in [6, 6.07) is 6.20. The van der Waals surface area contributed by atoms with Crippen molar-refractivity contribution in [1.29, 1.82) is 0 Å². The van der Waals surface area contributed by atoms with Gasteiger partial charge in [-0.25, -0.2) is 4.99 Å². The van der Waals surface area contributed by atoms with Crippen LogP contribution in [0.25, 0.3) is 0 Å². The van der Waals surface area contributed by atoms with Crippen molar-refractivity contribution in [1.82, 2.24) is 0 Å². The molecule has 0 heterocycles. The number of aliphatic imine (C=N–C) groups is 1. The van der Waals surface area contributed by atoms with Crippen LogP contribution in [0.15, 0.2) is 23.2 Å². The number of hydrogen-bond acceptors (Lipinski definition) is 2. The van der Waals surface area contributed by atoms with Crippen molar-refractivity contribution in [3.05, 3.63) is 29.3 Å². The van der Waals surface area contributed by atoms with Gasteiger partial charge in [-0.1, -0.05) is 12.1 Å². The molecular formula is C11H15NO. The third-order valence-electron chi connectivity index (χ3n) is 1.94. The van der Waals surface area contributed by atoms with Gasteiger partial charge in [-0.2, -0.15) is 0 Å². The summed E-state index contributed by atoms with van der Waals surface area (Å²) in [5, 5.41) is 0. The van der Waals surface area contributed by atoms with Crippen LogP contribution in [0.4, 0.5) is 5.69 Å². The molecule has 0 saturated carbocycles. The standard InChI is InChI=1S/C11H15NO/c1-8-5-6-9(2)11(7-8)12-10(3)13-4/h5-7H,1-4H3/b12-10-. The molecule has 1 rings (SSSR count). The van der Waals surface area contributed by atoms with E-state index in [9.17, 15) is 0 Å². The molecule has 0 spiro atoms. The Balaban J connectivity index is 3.07. The minimum absolute atomic E-state index is 0.689. The second-order valence-electron chi connectivity index (χ2n) is 3.12. The molecule has 0 N–H and O–H groups in total. The Kier molecular flexibility index (Phi) is 3.07. The van der Waals surface area contributed by atoms with Crippen LogP contribution in [-0.2, 0) is 4.74 Å². The van der Waals surface area contributed by atoms with Gasteiger partial charge in [0.25, 0.3) is 0 Å². The highest BCUT2D eigenvalue weighted by Crippen LogP contribution is 2.19. The Morgan fingerprint density at radius 1 is 1.31 bits per heavy atom. The molecule has 1 aromatic carbocycles. The van der Waals surface area contributed by atoms with E-state index in [1.807, 2.05) is 13.8 Å². The Bertz CT molecular complexity index is 329. The Hall–Kier alpha value is -1.31. The number of benzene rings is 1. The van der Waals surface area contributed by atoms with E-state index in [0.717, 1.165) is 5.69 Å². The minimum Gasteiger partial charge on any atom is -0.484 e. The average molecular weight is 177 g/mol. The van der Waals surface area contributed by atoms with Crippen molar-refractivity contribution in [2.75, 3.05) is 7.11 Å². The molecule has 0 aliphatic rings. The van der Waals surface area contributed by atoms with Gasteiger partial charge in [-0.3, -0.25) is 0 Å². The molecule has 0 aliphatic heterocycles. The van der Waals surface area contributed by atoms with Crippen LogP contribution in [0.5, 0.6) is 0 Å². The van der Waals surface area contributed by atoms with Gasteiger partial charge >= 0.3 is 0 Å². The van der Waals surface area contributed by atoms with Gasteiger partial charge in [-0.15, -0.1) is 0 Å². The molecule has 2 heteroatoms. The maximum Gasteiger partial charge on any atom is 0.184 e. The van der Waals surface area contributed by atoms with Crippen molar-refractivity contribution in [2.24, 2.45) is 4.99 Å². The van der Waals surface area contributed by atoms with E-state index in [0.29, 0.717) is 5.90 Å². The number of aryl methyl sites for hydroxylation is 2. The van der Waals surface area contributed by atoms with E-state index in [1.54, 1.807) is 7.11 Å². The van der Waals surface area contributed by atoms with E-state index >= 15 is 0 Å². The van der Waals surface area contributed by atoms with Gasteiger partial charge in [0.15, 0.2) is 5.90 Å². The molecule has 0 fully saturated rings. The van der Waals surface area contributed by atoms with Crippen molar-refractivity contribution in [3.8, 4) is 0 Å². The third kappa shape index (κ3) is 2.58. The van der Waals surface area contributed by atoms with Crippen molar-refractivity contribution in [2.45, 2.75) is 20.8 Å². The lowest BCUT2D eigenvalue weighted by molar-refractivity contribution is 0.400. The van der Waals surface area contributed by atoms with Gasteiger partial charge in [0.05, 0.1) is 12.8 Å². The van der Waals surface area contributed by atoms with Crippen LogP contribution >= 0.6 is 0 Å². The molecule has 2 nitrogen and oxygen atoms in total. The molecule has 0 atom stereocenters. The topological polar surface area (TPSA) is 21.6 Å². The number of rotatable bonds is 1. The van der Waals surface area contributed by atoms with Crippen LogP contribution in [0.3, 0.4) is 0 Å². The largest absolute Gasteiger partial charge is 0.484 e. The van der Waals surface area contributed by atoms with E-state index in [1.165, 1.54) is 11.1 Å². The number of methoxy groups -OCH3 is 1. The molecule has 0 unspecified atom stereocenters. The molecule has 0 bridgehead atoms. The average Bonchev–Trinajstić information content (AvgIpc) is 2.11. The van der Waals surface area contributed by atoms with Crippen LogP contribution < -0.4 is 0 Å². The van der Waals surface area contributed by atoms with E-state index < -0.39 is 0 Å². The van der Waals surface area contributed by atoms with Gasteiger partial charge in [-0.05, 0) is 31.0 Å². The monoisotopic (exact) mass is 177 g/mol. The molecule has 0 aromatic heterocycles. The quantitative estimate of drug-likeness (QED) is 0.477. The first-order valence-corrected chi connectivity index (χ1v) is 4.30. The Labute approximate surface area is 79.3 Å². The van der Waals surface area contributed by atoms with Crippen LogP contribution in [0.2, 0.25) is 0 Å². The number of nitrogens with zero attached hydrogens (tertiary/aromatic N) is 1. The molecule has 0 radical (unpaired) electrons. The molecule has 1 aromatic rings. The molecule has 70 valence electrons. The van der Waals surface area contributed by atoms with Gasteiger partial charge in [0.1, 0.15) is 0 Å². The zero-order valence-electron chi connectivity index (χ0n) is 8.59. The number of ether oxygens (including phenoxy) is 1. The second-order valence-corrected chi connectivity index (χ2v) is 3.12. The van der Waals surface area contributed by atoms with Gasteiger partial charge < -0.3 is 4.74 Å². The SMILES string of the molecule is CO/C(C)=N\c1cc(C)ccc1C. The zero-order valence-corrected chi connectivity index (χ0v) is 8.59. The summed E-state index contributed by atoms with van der Waals surface area (Å²) < 4.78 is 5.00. The Morgan fingerprint density at radius 3 is 2.62 bits per heavy atom. The Morgan fingerprint density at radius 2 is 2.00 bits per heavy atom. The predicted octanol–water partition coefficient (Wildman–Crippen LogP) is 3.00. The summed E-state index contributed by atoms with van der Waals surface area (Å²) in [6.07, 6.45) is 0. The number of hydrogen-bond donors (Lipinski definition) is 0. The second kappa shape index (κ2) is 4.08. The highest BCUT2D eigenvalue weighted by atomic mass is 16.5. The fourth-order valence-electron chi connectivity index (χ4n) is 1.06. The van der Waals surface area contributed by atoms with Gasteiger partial charge in [0.2, 0.25) is 0 Å². The highest BCUT2D eigenvalue weighted by Gasteiger charge is 1.97. The zero-order chi connectivity index (χ0) is 9.84. The molecule has 0 aliphatic carbocycles. The first-order valence-electron chi connectivity index (χ1n) is 4.30. The summed E-state index contributed by atoms with van der Waals surface area (Å²) in [5.74, 6) is 0.689. The summed E-state index contributed by atoms with van der Waals surface area (Å²) in [7, 11) is 1.63. The molecule has 0 amide bonds. The summed E-state index contributed by atoms with van der Waals surface area (Å²) in [4.78, 5) is 4.33. The van der Waals surface area contributed by atoms with Crippen LogP contribution in [0, 0.1) is 13.8 Å². The smallest absolute Gasteiger partial charge is 0.184 e. The maximum atomic E-state index is 5.00. The minimum atomic E-state index is 0.689. The summed E-state index contributed by atoms with van der Waals surface area (Å²) in [5.41, 5.74) is 3.37. The van der Waals surface area contributed by atoms with Crippen molar-refractivity contribution in [3.63, 3.8) is 0 Å². The lowest BCUT2D eigenvalue weighted by Crippen LogP contribution is -1.92. The molecule has 0 saturated heterocycles. The molecule has 13 heavy (non-hydrogen) atoms. The van der Waals surface area contributed by atoms with Crippen LogP contribution in [-0.4, -0.2) is 13.0 Å². The van der Waals surface area contributed by atoms with Gasteiger partial charge in [0, 0.05) is 6.92 Å². The first-order chi connectivity index (χ1) is 6.13. The van der Waals surface area contributed by atoms with E-state index in [2.05, 4.69) is 30.1 Å². The van der Waals surface area contributed by atoms with E-state index in [-0.39, 0.29) is 0 Å². The predicted molar refractivity (Wildman–Crippen MR) is 55.7 cm³/mol. The van der Waals surface area contributed by atoms with E-state index in [4.69, 9.17) is 4.74 Å². The van der Waals surface area contributed by atoms with Crippen molar-refractivity contribution >= 4 is 11.6 Å². The first kappa shape index (κ1) is 9.78. The normalized spacial score (nSPS) is 11.5.